The van der Waals surface area contributed by atoms with Gasteiger partial charge in [0.05, 0.1) is 11.0 Å². The Hall–Kier alpha value is -2.76. The molecule has 0 aliphatic heterocycles. The van der Waals surface area contributed by atoms with Gasteiger partial charge in [-0.15, -0.1) is 0 Å². The molecule has 1 atom stereocenters. The number of alkyl halides is 3. The lowest BCUT2D eigenvalue weighted by Crippen LogP contribution is -2.30. The summed E-state index contributed by atoms with van der Waals surface area (Å²) in [5, 5.41) is 0. The highest BCUT2D eigenvalue weighted by Gasteiger charge is 2.37. The molecule has 1 heterocycles. The molecule has 0 fully saturated rings. The Kier molecular flexibility index (Phi) is 4.76. The number of rotatable bonds is 4. The van der Waals surface area contributed by atoms with Crippen LogP contribution in [-0.2, 0) is 18.0 Å². The molecule has 3 aromatic rings. The van der Waals surface area contributed by atoms with Gasteiger partial charge in [0, 0.05) is 12.4 Å². The topological polar surface area (TPSA) is 25.8 Å². The summed E-state index contributed by atoms with van der Waals surface area (Å²) >= 11 is 0. The number of hydrogen-bond donors (Lipinski definition) is 0. The van der Waals surface area contributed by atoms with Crippen molar-refractivity contribution < 1.29 is 17.6 Å². The third kappa shape index (κ3) is 3.74. The maximum absolute atomic E-state index is 14.0. The van der Waals surface area contributed by atoms with Crippen molar-refractivity contribution in [2.45, 2.75) is 24.9 Å². The molecule has 0 amide bonds. The first-order valence-corrected chi connectivity index (χ1v) is 7.99. The molecule has 0 radical (unpaired) electrons. The van der Waals surface area contributed by atoms with Gasteiger partial charge in [-0.05, 0) is 48.7 Å². The van der Waals surface area contributed by atoms with E-state index >= 15 is 0 Å². The van der Waals surface area contributed by atoms with Crippen LogP contribution in [0.15, 0.2) is 67.0 Å². The Labute approximate surface area is 148 Å². The molecule has 0 unspecified atom stereocenters. The van der Waals surface area contributed by atoms with E-state index in [-0.39, 0.29) is 5.56 Å². The Balaban J connectivity index is 2.17. The van der Waals surface area contributed by atoms with Gasteiger partial charge in [-0.1, -0.05) is 30.3 Å². The SMILES string of the molecule is C[C@@](Cc1ccccc1)(c1cc(F)cc(C(F)(F)F)c1)c1ncccn1. The monoisotopic (exact) mass is 360 g/mol. The summed E-state index contributed by atoms with van der Waals surface area (Å²) in [5.74, 6) is -0.604. The lowest BCUT2D eigenvalue weighted by molar-refractivity contribution is -0.137. The predicted molar refractivity (Wildman–Crippen MR) is 90.0 cm³/mol. The minimum Gasteiger partial charge on any atom is -0.240 e. The molecule has 0 saturated carbocycles. The maximum atomic E-state index is 14.0. The first-order chi connectivity index (χ1) is 12.3. The van der Waals surface area contributed by atoms with E-state index in [1.54, 1.807) is 13.0 Å². The molecule has 0 N–H and O–H groups in total. The quantitative estimate of drug-likeness (QED) is 0.599. The van der Waals surface area contributed by atoms with Gasteiger partial charge in [-0.25, -0.2) is 14.4 Å². The van der Waals surface area contributed by atoms with Gasteiger partial charge in [-0.2, -0.15) is 13.2 Å². The number of benzene rings is 2. The average Bonchev–Trinajstić information content (AvgIpc) is 2.62. The van der Waals surface area contributed by atoms with E-state index in [2.05, 4.69) is 9.97 Å². The predicted octanol–water partition coefficient (Wildman–Crippen LogP) is 5.18. The van der Waals surface area contributed by atoms with Crippen LogP contribution in [0.3, 0.4) is 0 Å². The molecule has 134 valence electrons. The largest absolute Gasteiger partial charge is 0.416 e. The Morgan fingerprint density at radius 3 is 2.08 bits per heavy atom. The highest BCUT2D eigenvalue weighted by molar-refractivity contribution is 5.39. The molecule has 0 aliphatic carbocycles. The minimum absolute atomic E-state index is 0.180. The summed E-state index contributed by atoms with van der Waals surface area (Å²) in [4.78, 5) is 8.46. The average molecular weight is 360 g/mol. The molecule has 0 saturated heterocycles. The standard InChI is InChI=1S/C20H16F4N2/c1-19(18-25-8-5-9-26-18,13-14-6-3-2-4-7-14)15-10-16(20(22,23)24)12-17(21)11-15/h2-12H,13H2,1H3/t19-/m1/s1. The lowest BCUT2D eigenvalue weighted by Gasteiger charge is -2.29. The van der Waals surface area contributed by atoms with Crippen LogP contribution in [0.25, 0.3) is 0 Å². The smallest absolute Gasteiger partial charge is 0.240 e. The second kappa shape index (κ2) is 6.86. The third-order valence-electron chi connectivity index (χ3n) is 4.32. The van der Waals surface area contributed by atoms with E-state index in [9.17, 15) is 17.6 Å². The molecule has 2 nitrogen and oxygen atoms in total. The maximum Gasteiger partial charge on any atom is 0.416 e. The van der Waals surface area contributed by atoms with Crippen molar-refractivity contribution in [3.63, 3.8) is 0 Å². The molecule has 0 bridgehead atoms. The van der Waals surface area contributed by atoms with E-state index in [1.807, 2.05) is 30.3 Å². The zero-order valence-electron chi connectivity index (χ0n) is 14.0. The molecule has 1 aromatic heterocycles. The molecule has 0 aliphatic rings. The fourth-order valence-corrected chi connectivity index (χ4v) is 2.97. The molecule has 26 heavy (non-hydrogen) atoms. The van der Waals surface area contributed by atoms with Gasteiger partial charge in [-0.3, -0.25) is 0 Å². The van der Waals surface area contributed by atoms with Crippen LogP contribution < -0.4 is 0 Å². The summed E-state index contributed by atoms with van der Waals surface area (Å²) in [6, 6.07) is 13.5. The van der Waals surface area contributed by atoms with Gasteiger partial charge in [0.1, 0.15) is 11.6 Å². The van der Waals surface area contributed by atoms with Crippen LogP contribution in [0, 0.1) is 5.82 Å². The minimum atomic E-state index is -4.64. The number of hydrogen-bond acceptors (Lipinski definition) is 2. The van der Waals surface area contributed by atoms with Crippen LogP contribution in [0.4, 0.5) is 17.6 Å². The van der Waals surface area contributed by atoms with Crippen LogP contribution in [0.1, 0.15) is 29.4 Å². The van der Waals surface area contributed by atoms with Gasteiger partial charge in [0.15, 0.2) is 0 Å². The van der Waals surface area contributed by atoms with Crippen molar-refractivity contribution >= 4 is 0 Å². The third-order valence-corrected chi connectivity index (χ3v) is 4.32. The molecule has 6 heteroatoms. The van der Waals surface area contributed by atoms with Crippen molar-refractivity contribution in [2.75, 3.05) is 0 Å². The first-order valence-electron chi connectivity index (χ1n) is 7.99. The summed E-state index contributed by atoms with van der Waals surface area (Å²) in [7, 11) is 0. The van der Waals surface area contributed by atoms with Crippen molar-refractivity contribution in [2.24, 2.45) is 0 Å². The second-order valence-electron chi connectivity index (χ2n) is 6.29. The number of halogens is 4. The van der Waals surface area contributed by atoms with Gasteiger partial charge < -0.3 is 0 Å². The molecular formula is C20H16F4N2. The Bertz CT molecular complexity index is 879. The highest BCUT2D eigenvalue weighted by Crippen LogP contribution is 2.37. The summed E-state index contributed by atoms with van der Waals surface area (Å²) < 4.78 is 53.5. The van der Waals surface area contributed by atoms with Crippen LogP contribution in [-0.4, -0.2) is 9.97 Å². The Morgan fingerprint density at radius 1 is 0.846 bits per heavy atom. The first kappa shape index (κ1) is 18.0. The van der Waals surface area contributed by atoms with E-state index in [0.717, 1.165) is 17.7 Å². The van der Waals surface area contributed by atoms with E-state index in [4.69, 9.17) is 0 Å². The molecule has 3 rings (SSSR count). The van der Waals surface area contributed by atoms with Gasteiger partial charge in [0.25, 0.3) is 0 Å². The fraction of sp³-hybridized carbons (Fsp3) is 0.200. The van der Waals surface area contributed by atoms with E-state index in [1.165, 1.54) is 12.4 Å². The fourth-order valence-electron chi connectivity index (χ4n) is 2.97. The lowest BCUT2D eigenvalue weighted by atomic mass is 9.76. The van der Waals surface area contributed by atoms with Gasteiger partial charge >= 0.3 is 6.18 Å². The highest BCUT2D eigenvalue weighted by atomic mass is 19.4. The van der Waals surface area contributed by atoms with Crippen molar-refractivity contribution in [3.05, 3.63) is 95.3 Å². The second-order valence-corrected chi connectivity index (χ2v) is 6.29. The molecular weight excluding hydrogens is 344 g/mol. The number of nitrogens with zero attached hydrogens (tertiary/aromatic N) is 2. The summed E-state index contributed by atoms with van der Waals surface area (Å²) in [6.45, 7) is 1.73. The van der Waals surface area contributed by atoms with Crippen LogP contribution in [0.5, 0.6) is 0 Å². The number of aromatic nitrogens is 2. The summed E-state index contributed by atoms with van der Waals surface area (Å²) in [6.07, 6.45) is -1.26. The van der Waals surface area contributed by atoms with Crippen LogP contribution >= 0.6 is 0 Å². The zero-order valence-corrected chi connectivity index (χ0v) is 14.0. The Morgan fingerprint density at radius 2 is 1.46 bits per heavy atom. The van der Waals surface area contributed by atoms with Crippen molar-refractivity contribution in [1.29, 1.82) is 0 Å². The summed E-state index contributed by atoms with van der Waals surface area (Å²) in [5.41, 5.74) is -0.979. The molecule has 2 aromatic carbocycles. The van der Waals surface area contributed by atoms with Crippen LogP contribution in [0.2, 0.25) is 0 Å². The van der Waals surface area contributed by atoms with E-state index in [0.29, 0.717) is 18.3 Å². The van der Waals surface area contributed by atoms with Gasteiger partial charge in [0.2, 0.25) is 0 Å². The van der Waals surface area contributed by atoms with E-state index < -0.39 is 23.0 Å². The zero-order chi connectivity index (χ0) is 18.8. The molecule has 0 spiro atoms. The van der Waals surface area contributed by atoms with Crippen molar-refractivity contribution in [3.8, 4) is 0 Å². The normalized spacial score (nSPS) is 14.0. The van der Waals surface area contributed by atoms with Crippen molar-refractivity contribution in [1.82, 2.24) is 9.97 Å².